The number of nitrogens with zero attached hydrogens (tertiary/aromatic N) is 1. The van der Waals surface area contributed by atoms with Crippen LogP contribution in [-0.2, 0) is 4.74 Å². The van der Waals surface area contributed by atoms with Crippen LogP contribution >= 0.6 is 0 Å². The third-order valence-corrected chi connectivity index (χ3v) is 0.860. The number of hydrogen-bond acceptors (Lipinski definition) is 2. The molecule has 0 fully saturated rings. The highest BCUT2D eigenvalue weighted by atomic mass is 19.3. The fourth-order valence-corrected chi connectivity index (χ4v) is 0.388. The monoisotopic (exact) mass is 151 g/mol. The summed E-state index contributed by atoms with van der Waals surface area (Å²) >= 11 is 0. The minimum absolute atomic E-state index is 0.108. The summed E-state index contributed by atoms with van der Waals surface area (Å²) in [5, 5.41) is 0. The molecular weight excluding hydrogens is 140 g/mol. The fraction of sp³-hybridized carbons (Fsp3) is 0.833. The largest absolute Gasteiger partial charge is 0.487 e. The summed E-state index contributed by atoms with van der Waals surface area (Å²) in [5.74, 6) is -2.62. The molecule has 0 aliphatic heterocycles. The molecule has 0 atom stereocenters. The maximum Gasteiger partial charge on any atom is 0.247 e. The van der Waals surface area contributed by atoms with Crippen LogP contribution in [0.1, 0.15) is 13.3 Å². The Morgan fingerprint density at radius 3 is 2.60 bits per heavy atom. The molecule has 60 valence electrons. The molecule has 0 N–H and O–H groups in total. The van der Waals surface area contributed by atoms with Crippen molar-refractivity contribution in [1.82, 2.24) is 0 Å². The van der Waals surface area contributed by atoms with E-state index in [1.165, 1.54) is 7.11 Å². The van der Waals surface area contributed by atoms with Crippen molar-refractivity contribution >= 4 is 6.40 Å². The van der Waals surface area contributed by atoms with Gasteiger partial charge in [0.2, 0.25) is 5.92 Å². The van der Waals surface area contributed by atoms with Crippen LogP contribution in [0.4, 0.5) is 8.78 Å². The van der Waals surface area contributed by atoms with Crippen molar-refractivity contribution in [3.8, 4) is 0 Å². The molecule has 2 nitrogen and oxygen atoms in total. The van der Waals surface area contributed by atoms with Crippen LogP contribution in [0.3, 0.4) is 0 Å². The normalized spacial score (nSPS) is 12.4. The highest BCUT2D eigenvalue weighted by molar-refractivity contribution is 5.45. The quantitative estimate of drug-likeness (QED) is 0.442. The highest BCUT2D eigenvalue weighted by Gasteiger charge is 2.19. The molecule has 0 aromatic heterocycles. The van der Waals surface area contributed by atoms with E-state index in [-0.39, 0.29) is 13.0 Å². The first kappa shape index (κ1) is 9.33. The SMILES string of the molecule is COC=NCCC(C)(F)F. The maximum absolute atomic E-state index is 12.0. The average molecular weight is 151 g/mol. The lowest BCUT2D eigenvalue weighted by Gasteiger charge is -2.05. The van der Waals surface area contributed by atoms with Crippen LogP contribution in [0.25, 0.3) is 0 Å². The lowest BCUT2D eigenvalue weighted by atomic mass is 10.3. The lowest BCUT2D eigenvalue weighted by Crippen LogP contribution is -2.10. The minimum atomic E-state index is -2.62. The first-order valence-electron chi connectivity index (χ1n) is 2.95. The number of halogens is 2. The van der Waals surface area contributed by atoms with Gasteiger partial charge in [-0.05, 0) is 6.92 Å². The van der Waals surface area contributed by atoms with Gasteiger partial charge in [0, 0.05) is 13.0 Å². The van der Waals surface area contributed by atoms with Gasteiger partial charge in [-0.2, -0.15) is 0 Å². The Bertz CT molecular complexity index is 109. The van der Waals surface area contributed by atoms with Crippen LogP contribution in [0, 0.1) is 0 Å². The molecule has 0 aromatic rings. The van der Waals surface area contributed by atoms with Crippen molar-refractivity contribution < 1.29 is 13.5 Å². The van der Waals surface area contributed by atoms with Gasteiger partial charge in [-0.3, -0.25) is 4.99 Å². The Morgan fingerprint density at radius 2 is 2.20 bits per heavy atom. The van der Waals surface area contributed by atoms with E-state index in [4.69, 9.17) is 0 Å². The molecule has 4 heteroatoms. The average Bonchev–Trinajstić information content (AvgIpc) is 1.78. The molecule has 0 bridgehead atoms. The number of ether oxygens (including phenoxy) is 1. The number of hydrogen-bond donors (Lipinski definition) is 0. The second-order valence-corrected chi connectivity index (χ2v) is 2.07. The van der Waals surface area contributed by atoms with Crippen molar-refractivity contribution in [1.29, 1.82) is 0 Å². The Kier molecular flexibility index (Phi) is 3.91. The van der Waals surface area contributed by atoms with E-state index < -0.39 is 5.92 Å². The Balaban J connectivity index is 3.28. The third-order valence-electron chi connectivity index (χ3n) is 0.860. The molecule has 0 saturated carbocycles. The summed E-state index contributed by atoms with van der Waals surface area (Å²) < 4.78 is 28.5. The summed E-state index contributed by atoms with van der Waals surface area (Å²) in [4.78, 5) is 3.55. The summed E-state index contributed by atoms with van der Waals surface area (Å²) in [6.45, 7) is 0.979. The van der Waals surface area contributed by atoms with E-state index in [9.17, 15) is 8.78 Å². The standard InChI is InChI=1S/C6H11F2NO/c1-6(7,8)3-4-9-5-10-2/h5H,3-4H2,1-2H3. The van der Waals surface area contributed by atoms with E-state index >= 15 is 0 Å². The van der Waals surface area contributed by atoms with Crippen LogP contribution in [-0.4, -0.2) is 26.0 Å². The van der Waals surface area contributed by atoms with Gasteiger partial charge in [0.1, 0.15) is 0 Å². The molecular formula is C6H11F2NO. The van der Waals surface area contributed by atoms with Gasteiger partial charge in [0.25, 0.3) is 0 Å². The van der Waals surface area contributed by atoms with Gasteiger partial charge in [0.15, 0.2) is 6.40 Å². The summed E-state index contributed by atoms with van der Waals surface area (Å²) in [5.41, 5.74) is 0. The van der Waals surface area contributed by atoms with Crippen molar-refractivity contribution in [3.05, 3.63) is 0 Å². The predicted octanol–water partition coefficient (Wildman–Crippen LogP) is 1.71. The van der Waals surface area contributed by atoms with E-state index in [2.05, 4.69) is 9.73 Å². The molecule has 0 aliphatic rings. The van der Waals surface area contributed by atoms with Gasteiger partial charge >= 0.3 is 0 Å². The number of alkyl halides is 2. The zero-order chi connectivity index (χ0) is 8.04. The van der Waals surface area contributed by atoms with Gasteiger partial charge < -0.3 is 4.74 Å². The van der Waals surface area contributed by atoms with Crippen LogP contribution in [0.5, 0.6) is 0 Å². The van der Waals surface area contributed by atoms with Gasteiger partial charge in [-0.1, -0.05) is 0 Å². The summed E-state index contributed by atoms with van der Waals surface area (Å²) in [6.07, 6.45) is 0.929. The highest BCUT2D eigenvalue weighted by Crippen LogP contribution is 2.15. The Morgan fingerprint density at radius 1 is 1.60 bits per heavy atom. The van der Waals surface area contributed by atoms with E-state index in [1.807, 2.05) is 0 Å². The number of rotatable bonds is 4. The second kappa shape index (κ2) is 4.19. The van der Waals surface area contributed by atoms with Crippen LogP contribution in [0.2, 0.25) is 0 Å². The van der Waals surface area contributed by atoms with E-state index in [1.54, 1.807) is 0 Å². The first-order chi connectivity index (χ1) is 4.56. The molecule has 0 heterocycles. The first-order valence-corrected chi connectivity index (χ1v) is 2.95. The maximum atomic E-state index is 12.0. The topological polar surface area (TPSA) is 21.6 Å². The molecule has 0 radical (unpaired) electrons. The third kappa shape index (κ3) is 7.33. The van der Waals surface area contributed by atoms with E-state index in [0.29, 0.717) is 0 Å². The minimum Gasteiger partial charge on any atom is -0.487 e. The molecule has 0 spiro atoms. The van der Waals surface area contributed by atoms with Gasteiger partial charge in [-0.15, -0.1) is 0 Å². The number of methoxy groups -OCH3 is 1. The Labute approximate surface area is 58.9 Å². The smallest absolute Gasteiger partial charge is 0.247 e. The zero-order valence-corrected chi connectivity index (χ0v) is 6.10. The Hall–Kier alpha value is -0.670. The molecule has 0 aliphatic carbocycles. The van der Waals surface area contributed by atoms with Crippen molar-refractivity contribution in [2.24, 2.45) is 4.99 Å². The summed E-state index contributed by atoms with van der Waals surface area (Å²) in [7, 11) is 1.42. The molecule has 10 heavy (non-hydrogen) atoms. The zero-order valence-electron chi connectivity index (χ0n) is 6.10. The molecule has 0 aromatic carbocycles. The lowest BCUT2D eigenvalue weighted by molar-refractivity contribution is 0.0157. The number of aliphatic imine (C=N–C) groups is 1. The predicted molar refractivity (Wildman–Crippen MR) is 35.6 cm³/mol. The van der Waals surface area contributed by atoms with Gasteiger partial charge in [0.05, 0.1) is 7.11 Å². The van der Waals surface area contributed by atoms with Crippen molar-refractivity contribution in [2.45, 2.75) is 19.3 Å². The molecule has 0 unspecified atom stereocenters. The van der Waals surface area contributed by atoms with Crippen molar-refractivity contribution in [3.63, 3.8) is 0 Å². The molecule has 0 saturated heterocycles. The summed E-state index contributed by atoms with van der Waals surface area (Å²) in [6, 6.07) is 0. The molecule has 0 rings (SSSR count). The molecule has 0 amide bonds. The second-order valence-electron chi connectivity index (χ2n) is 2.07. The van der Waals surface area contributed by atoms with Crippen LogP contribution < -0.4 is 0 Å². The van der Waals surface area contributed by atoms with E-state index in [0.717, 1.165) is 13.3 Å². The van der Waals surface area contributed by atoms with Crippen LogP contribution in [0.15, 0.2) is 4.99 Å². The fourth-order valence-electron chi connectivity index (χ4n) is 0.388. The van der Waals surface area contributed by atoms with Gasteiger partial charge in [-0.25, -0.2) is 8.78 Å². The van der Waals surface area contributed by atoms with Crippen molar-refractivity contribution in [2.75, 3.05) is 13.7 Å².